The fourth-order valence-electron chi connectivity index (χ4n) is 1.28. The maximum Gasteiger partial charge on any atom is 0.389 e. The van der Waals surface area contributed by atoms with E-state index in [4.69, 9.17) is 0 Å². The monoisotopic (exact) mass is 333 g/mol. The molecule has 0 aromatic heterocycles. The van der Waals surface area contributed by atoms with Crippen molar-refractivity contribution in [3.63, 3.8) is 0 Å². The number of rotatable bonds is 2. The van der Waals surface area contributed by atoms with Gasteiger partial charge < -0.3 is 4.90 Å². The molecule has 1 heterocycles. The average molecular weight is 333 g/mol. The van der Waals surface area contributed by atoms with Crippen molar-refractivity contribution in [3.05, 3.63) is 9.66 Å². The lowest BCUT2D eigenvalue weighted by atomic mass is 10.2. The smallest absolute Gasteiger partial charge is 0.339 e. The minimum Gasteiger partial charge on any atom is -0.339 e. The van der Waals surface area contributed by atoms with Crippen LogP contribution in [0.5, 0.6) is 0 Å². The van der Waals surface area contributed by atoms with Crippen LogP contribution < -0.4 is 0 Å². The van der Waals surface area contributed by atoms with E-state index in [1.165, 1.54) is 4.90 Å². The normalized spacial score (nSPS) is 17.6. The highest BCUT2D eigenvalue weighted by atomic mass is 127. The maximum atomic E-state index is 11.9. The Balaban J connectivity index is 2.36. The Bertz CT molecular complexity index is 275. The molecule has 2 nitrogen and oxygen atoms in total. The lowest BCUT2D eigenvalue weighted by Gasteiger charge is -2.25. The Morgan fingerprint density at radius 2 is 2.20 bits per heavy atom. The zero-order valence-corrected chi connectivity index (χ0v) is 10.1. The second-order valence-electron chi connectivity index (χ2n) is 3.36. The number of hydrogen-bond acceptors (Lipinski definition) is 1. The molecule has 0 aliphatic carbocycles. The lowest BCUT2D eigenvalue weighted by molar-refractivity contribution is -0.148. The van der Waals surface area contributed by atoms with E-state index in [1.54, 1.807) is 0 Å². The van der Waals surface area contributed by atoms with Gasteiger partial charge in [0.15, 0.2) is 0 Å². The van der Waals surface area contributed by atoms with Crippen LogP contribution in [0, 0.1) is 0 Å². The van der Waals surface area contributed by atoms with Crippen molar-refractivity contribution in [1.82, 2.24) is 4.90 Å². The number of alkyl halides is 3. The number of hydrogen-bond donors (Lipinski definition) is 0. The van der Waals surface area contributed by atoms with Gasteiger partial charge in [-0.2, -0.15) is 13.2 Å². The predicted molar refractivity (Wildman–Crippen MR) is 58.6 cm³/mol. The summed E-state index contributed by atoms with van der Waals surface area (Å²) in [5.74, 6) is -0.410. The van der Waals surface area contributed by atoms with Gasteiger partial charge in [-0.05, 0) is 32.6 Å². The van der Waals surface area contributed by atoms with Crippen LogP contribution in [0.4, 0.5) is 13.2 Å². The van der Waals surface area contributed by atoms with Crippen molar-refractivity contribution in [2.75, 3.05) is 13.1 Å². The number of nitrogens with zero attached hydrogens (tertiary/aromatic N) is 1. The highest BCUT2D eigenvalue weighted by molar-refractivity contribution is 14.1. The summed E-state index contributed by atoms with van der Waals surface area (Å²) in [5, 5.41) is 0. The number of carbonyl (C=O) groups excluding carboxylic acids is 1. The Hall–Kier alpha value is -0.270. The zero-order valence-electron chi connectivity index (χ0n) is 7.98. The SMILES string of the molecule is O=C(CCC(F)(F)F)N1CC=C(I)CC1. The van der Waals surface area contributed by atoms with E-state index in [0.717, 1.165) is 10.0 Å². The Morgan fingerprint density at radius 3 is 2.67 bits per heavy atom. The van der Waals surface area contributed by atoms with Gasteiger partial charge >= 0.3 is 6.18 Å². The van der Waals surface area contributed by atoms with Gasteiger partial charge in [0.25, 0.3) is 0 Å². The van der Waals surface area contributed by atoms with E-state index in [0.29, 0.717) is 13.1 Å². The van der Waals surface area contributed by atoms with Crippen LogP contribution in [0.15, 0.2) is 9.66 Å². The maximum absolute atomic E-state index is 11.9. The van der Waals surface area contributed by atoms with Crippen molar-refractivity contribution in [1.29, 1.82) is 0 Å². The van der Waals surface area contributed by atoms with Crippen LogP contribution in [0.1, 0.15) is 19.3 Å². The summed E-state index contributed by atoms with van der Waals surface area (Å²) < 4.78 is 36.7. The van der Waals surface area contributed by atoms with Crippen LogP contribution >= 0.6 is 22.6 Å². The molecule has 0 fully saturated rings. The third-order valence-corrected chi connectivity index (χ3v) is 3.11. The molecule has 86 valence electrons. The first kappa shape index (κ1) is 12.8. The zero-order chi connectivity index (χ0) is 11.5. The Kier molecular flexibility index (Phi) is 4.42. The van der Waals surface area contributed by atoms with Gasteiger partial charge in [0.2, 0.25) is 5.91 Å². The first-order valence-corrected chi connectivity index (χ1v) is 5.65. The van der Waals surface area contributed by atoms with Gasteiger partial charge in [-0.3, -0.25) is 4.79 Å². The molecule has 0 bridgehead atoms. The molecular formula is C9H11F3INO. The third-order valence-electron chi connectivity index (χ3n) is 2.13. The number of halogens is 4. The fraction of sp³-hybridized carbons (Fsp3) is 0.667. The van der Waals surface area contributed by atoms with Crippen molar-refractivity contribution >= 4 is 28.5 Å². The Morgan fingerprint density at radius 1 is 1.53 bits per heavy atom. The second kappa shape index (κ2) is 5.18. The van der Waals surface area contributed by atoms with Crippen molar-refractivity contribution < 1.29 is 18.0 Å². The predicted octanol–water partition coefficient (Wildman–Crippen LogP) is 2.88. The molecule has 0 unspecified atom stereocenters. The van der Waals surface area contributed by atoms with E-state index in [2.05, 4.69) is 22.6 Å². The molecule has 0 radical (unpaired) electrons. The van der Waals surface area contributed by atoms with Crippen LogP contribution in [0.3, 0.4) is 0 Å². The lowest BCUT2D eigenvalue weighted by Crippen LogP contribution is -2.34. The van der Waals surface area contributed by atoms with Crippen molar-refractivity contribution in [2.45, 2.75) is 25.4 Å². The molecule has 0 atom stereocenters. The topological polar surface area (TPSA) is 20.3 Å². The molecule has 0 saturated heterocycles. The molecule has 1 aliphatic rings. The van der Waals surface area contributed by atoms with E-state index < -0.39 is 24.9 Å². The van der Waals surface area contributed by atoms with E-state index in [1.807, 2.05) is 6.08 Å². The van der Waals surface area contributed by atoms with Gasteiger partial charge in [0.1, 0.15) is 0 Å². The first-order chi connectivity index (χ1) is 6.88. The minimum absolute atomic E-state index is 0.410. The Labute approximate surface area is 99.6 Å². The molecule has 1 amide bonds. The molecule has 0 aromatic rings. The van der Waals surface area contributed by atoms with Crippen molar-refractivity contribution in [2.24, 2.45) is 0 Å². The summed E-state index contributed by atoms with van der Waals surface area (Å²) in [7, 11) is 0. The summed E-state index contributed by atoms with van der Waals surface area (Å²) in [5.41, 5.74) is 0. The van der Waals surface area contributed by atoms with Crippen LogP contribution in [-0.4, -0.2) is 30.1 Å². The highest BCUT2D eigenvalue weighted by Gasteiger charge is 2.29. The molecular weight excluding hydrogens is 322 g/mol. The molecule has 1 aliphatic heterocycles. The van der Waals surface area contributed by atoms with Crippen molar-refractivity contribution in [3.8, 4) is 0 Å². The average Bonchev–Trinajstić information content (AvgIpc) is 2.14. The summed E-state index contributed by atoms with van der Waals surface area (Å²) in [6.45, 7) is 0.973. The van der Waals surface area contributed by atoms with Crippen LogP contribution in [0.25, 0.3) is 0 Å². The van der Waals surface area contributed by atoms with E-state index in [9.17, 15) is 18.0 Å². The summed E-state index contributed by atoms with van der Waals surface area (Å²) >= 11 is 2.17. The minimum atomic E-state index is -4.24. The molecule has 15 heavy (non-hydrogen) atoms. The summed E-state index contributed by atoms with van der Waals surface area (Å²) in [4.78, 5) is 12.8. The quantitative estimate of drug-likeness (QED) is 0.712. The highest BCUT2D eigenvalue weighted by Crippen LogP contribution is 2.23. The van der Waals surface area contributed by atoms with Gasteiger partial charge in [-0.25, -0.2) is 0 Å². The van der Waals surface area contributed by atoms with Gasteiger partial charge in [0, 0.05) is 19.5 Å². The third kappa shape index (κ3) is 4.85. The van der Waals surface area contributed by atoms with Gasteiger partial charge in [0.05, 0.1) is 6.42 Å². The fourth-order valence-corrected chi connectivity index (χ4v) is 1.72. The van der Waals surface area contributed by atoms with Crippen LogP contribution in [0.2, 0.25) is 0 Å². The summed E-state index contributed by atoms with van der Waals surface area (Å²) in [6.07, 6.45) is -3.08. The van der Waals surface area contributed by atoms with Gasteiger partial charge in [-0.15, -0.1) is 0 Å². The van der Waals surface area contributed by atoms with E-state index >= 15 is 0 Å². The molecule has 1 rings (SSSR count). The number of amides is 1. The molecule has 0 saturated carbocycles. The largest absolute Gasteiger partial charge is 0.389 e. The summed E-state index contributed by atoms with van der Waals surface area (Å²) in [6, 6.07) is 0. The molecule has 0 N–H and O–H groups in total. The van der Waals surface area contributed by atoms with Crippen LogP contribution in [-0.2, 0) is 4.79 Å². The molecule has 0 spiro atoms. The molecule has 0 aromatic carbocycles. The second-order valence-corrected chi connectivity index (χ2v) is 4.74. The standard InChI is InChI=1S/C9H11F3INO/c10-9(11,12)4-1-8(15)14-5-2-7(13)3-6-14/h2H,1,3-6H2. The molecule has 6 heteroatoms. The number of carbonyl (C=O) groups is 1. The van der Waals surface area contributed by atoms with Gasteiger partial charge in [-0.1, -0.05) is 6.08 Å². The van der Waals surface area contributed by atoms with E-state index in [-0.39, 0.29) is 0 Å². The first-order valence-electron chi connectivity index (χ1n) is 4.57.